The highest BCUT2D eigenvalue weighted by Crippen LogP contribution is 2.14. The highest BCUT2D eigenvalue weighted by Gasteiger charge is 2.35. The van der Waals surface area contributed by atoms with E-state index in [-0.39, 0.29) is 6.54 Å². The van der Waals surface area contributed by atoms with Crippen molar-refractivity contribution in [3.8, 4) is 0 Å². The van der Waals surface area contributed by atoms with Crippen LogP contribution in [0, 0.1) is 0 Å². The molecule has 33 heavy (non-hydrogen) atoms. The van der Waals surface area contributed by atoms with Crippen LogP contribution < -0.4 is 0 Å². The van der Waals surface area contributed by atoms with Crippen molar-refractivity contribution in [2.75, 3.05) is 26.2 Å². The number of hydrogen-bond acceptors (Lipinski definition) is 3. The first-order valence-corrected chi connectivity index (χ1v) is 13.0. The summed E-state index contributed by atoms with van der Waals surface area (Å²) >= 11 is 0. The molecule has 0 aromatic carbocycles. The summed E-state index contributed by atoms with van der Waals surface area (Å²) < 4.78 is -0.441. The van der Waals surface area contributed by atoms with Crippen LogP contribution in [0.4, 0.5) is 0 Å². The number of aliphatic carboxylic acids is 3. The largest absolute Gasteiger partial charge is 0.477 e. The van der Waals surface area contributed by atoms with Gasteiger partial charge >= 0.3 is 17.9 Å². The molecule has 3 N–H and O–H groups in total. The molecule has 0 heterocycles. The SMILES string of the molecule is CCCCCCCCCC/C=C/CCCCCCCC[N+](CC(=O)O)(CC(=O)O)CC(=O)O. The first kappa shape index (κ1) is 31.1. The molecular weight excluding hydrogens is 422 g/mol. The molecule has 7 heteroatoms. The third-order valence-electron chi connectivity index (χ3n) is 6.06. The molecule has 0 aliphatic rings. The minimum absolute atomic E-state index is 0.256. The normalized spacial score (nSPS) is 11.8. The molecule has 0 atom stereocenters. The van der Waals surface area contributed by atoms with Crippen LogP contribution >= 0.6 is 0 Å². The quantitative estimate of drug-likeness (QED) is 0.0923. The summed E-state index contributed by atoms with van der Waals surface area (Å²) in [4.78, 5) is 33.5. The zero-order valence-corrected chi connectivity index (χ0v) is 20.8. The number of carboxylic acids is 3. The van der Waals surface area contributed by atoms with E-state index < -0.39 is 42.0 Å². The van der Waals surface area contributed by atoms with Crippen LogP contribution in [0.2, 0.25) is 0 Å². The fraction of sp³-hybridized carbons (Fsp3) is 0.808. The maximum absolute atomic E-state index is 11.2. The molecule has 0 spiro atoms. The van der Waals surface area contributed by atoms with Crippen LogP contribution in [0.3, 0.4) is 0 Å². The minimum Gasteiger partial charge on any atom is -0.477 e. The molecule has 7 nitrogen and oxygen atoms in total. The molecule has 0 saturated carbocycles. The molecule has 0 aromatic rings. The van der Waals surface area contributed by atoms with Gasteiger partial charge < -0.3 is 15.3 Å². The molecule has 0 aliphatic heterocycles. The van der Waals surface area contributed by atoms with Gasteiger partial charge in [0.1, 0.15) is 0 Å². The van der Waals surface area contributed by atoms with Crippen molar-refractivity contribution in [3.63, 3.8) is 0 Å². The fourth-order valence-electron chi connectivity index (χ4n) is 4.31. The Kier molecular flexibility index (Phi) is 19.5. The summed E-state index contributed by atoms with van der Waals surface area (Å²) in [5, 5.41) is 27.4. The van der Waals surface area contributed by atoms with Crippen LogP contribution in [0.1, 0.15) is 110 Å². The monoisotopic (exact) mass is 470 g/mol. The summed E-state index contributed by atoms with van der Waals surface area (Å²) in [5.74, 6) is -3.52. The van der Waals surface area contributed by atoms with E-state index in [1.807, 2.05) is 0 Å². The third-order valence-corrected chi connectivity index (χ3v) is 6.06. The number of nitrogens with zero attached hydrogens (tertiary/aromatic N) is 1. The Hall–Kier alpha value is -1.89. The standard InChI is InChI=1S/C26H47NO6/c1-2-3-4-5-6-7-8-9-10-11-12-13-14-15-16-17-18-19-20-27(21-24(28)29,22-25(30)31)23-26(32)33/h11-12H,2-10,13-23H2,1H3,(H2-,28,29,30,31,32,33)/p+1/b12-11+. The summed E-state index contributed by atoms with van der Waals surface area (Å²) in [6, 6.07) is 0. The lowest BCUT2D eigenvalue weighted by Crippen LogP contribution is -2.57. The zero-order chi connectivity index (χ0) is 24.8. The number of rotatable bonds is 24. The second-order valence-electron chi connectivity index (χ2n) is 9.37. The summed E-state index contributed by atoms with van der Waals surface area (Å²) in [6.45, 7) is 1.06. The fourth-order valence-corrected chi connectivity index (χ4v) is 4.31. The number of unbranched alkanes of at least 4 members (excludes halogenated alkanes) is 14. The lowest BCUT2D eigenvalue weighted by atomic mass is 10.1. The van der Waals surface area contributed by atoms with Gasteiger partial charge in [-0.3, -0.25) is 4.48 Å². The number of carboxylic acid groups (broad SMARTS) is 3. The maximum Gasteiger partial charge on any atom is 0.359 e. The molecule has 0 unspecified atom stereocenters. The second kappa shape index (κ2) is 20.7. The number of hydrogen-bond donors (Lipinski definition) is 3. The van der Waals surface area contributed by atoms with Crippen molar-refractivity contribution < 1.29 is 34.2 Å². The first-order valence-electron chi connectivity index (χ1n) is 13.0. The Balaban J connectivity index is 3.83. The molecule has 0 bridgehead atoms. The molecule has 192 valence electrons. The Morgan fingerprint density at radius 3 is 1.24 bits per heavy atom. The molecule has 0 aromatic heterocycles. The molecule has 0 saturated heterocycles. The van der Waals surface area contributed by atoms with E-state index in [0.29, 0.717) is 6.42 Å². The topological polar surface area (TPSA) is 112 Å². The second-order valence-corrected chi connectivity index (χ2v) is 9.37. The van der Waals surface area contributed by atoms with Gasteiger partial charge in [0.05, 0.1) is 6.54 Å². The molecule has 0 radical (unpaired) electrons. The van der Waals surface area contributed by atoms with Gasteiger partial charge in [0.2, 0.25) is 0 Å². The van der Waals surface area contributed by atoms with Gasteiger partial charge in [-0.25, -0.2) is 14.4 Å². The Labute approximate surface area is 200 Å². The van der Waals surface area contributed by atoms with Crippen LogP contribution in [0.25, 0.3) is 0 Å². The predicted molar refractivity (Wildman–Crippen MR) is 131 cm³/mol. The van der Waals surface area contributed by atoms with Gasteiger partial charge in [-0.2, -0.15) is 0 Å². The maximum atomic E-state index is 11.2. The van der Waals surface area contributed by atoms with E-state index in [1.54, 1.807) is 0 Å². The number of quaternary nitrogens is 1. The smallest absolute Gasteiger partial charge is 0.359 e. The Bertz CT molecular complexity index is 520. The lowest BCUT2D eigenvalue weighted by Gasteiger charge is -2.34. The first-order chi connectivity index (χ1) is 15.8. The van der Waals surface area contributed by atoms with E-state index in [1.165, 1.54) is 57.8 Å². The number of carbonyl (C=O) groups is 3. The van der Waals surface area contributed by atoms with Crippen molar-refractivity contribution in [1.29, 1.82) is 0 Å². The molecule has 0 amide bonds. The highest BCUT2D eigenvalue weighted by atomic mass is 16.4. The highest BCUT2D eigenvalue weighted by molar-refractivity contribution is 5.73. The van der Waals surface area contributed by atoms with Crippen molar-refractivity contribution in [3.05, 3.63) is 12.2 Å². The van der Waals surface area contributed by atoms with Gasteiger partial charge in [0, 0.05) is 0 Å². The average Bonchev–Trinajstić information content (AvgIpc) is 2.71. The van der Waals surface area contributed by atoms with Gasteiger partial charge in [-0.1, -0.05) is 83.3 Å². The number of allylic oxidation sites excluding steroid dienone is 2. The van der Waals surface area contributed by atoms with Crippen LogP contribution in [0.15, 0.2) is 12.2 Å². The van der Waals surface area contributed by atoms with Crippen molar-refractivity contribution >= 4 is 17.9 Å². The van der Waals surface area contributed by atoms with E-state index in [0.717, 1.165) is 38.5 Å². The van der Waals surface area contributed by atoms with Crippen LogP contribution in [-0.4, -0.2) is 63.9 Å². The predicted octanol–water partition coefficient (Wildman–Crippen LogP) is 5.87. The summed E-state index contributed by atoms with van der Waals surface area (Å²) in [6.07, 6.45) is 23.6. The minimum atomic E-state index is -1.17. The van der Waals surface area contributed by atoms with Crippen molar-refractivity contribution in [1.82, 2.24) is 0 Å². The third kappa shape index (κ3) is 20.4. The zero-order valence-electron chi connectivity index (χ0n) is 20.8. The summed E-state index contributed by atoms with van der Waals surface area (Å²) in [5.41, 5.74) is 0. The average molecular weight is 471 g/mol. The molecule has 0 fully saturated rings. The van der Waals surface area contributed by atoms with E-state index >= 15 is 0 Å². The Morgan fingerprint density at radius 1 is 0.545 bits per heavy atom. The van der Waals surface area contributed by atoms with Gasteiger partial charge in [-0.15, -0.1) is 0 Å². The van der Waals surface area contributed by atoms with E-state index in [9.17, 15) is 14.4 Å². The molecule has 0 aliphatic carbocycles. The summed E-state index contributed by atoms with van der Waals surface area (Å²) in [7, 11) is 0. The van der Waals surface area contributed by atoms with E-state index in [2.05, 4.69) is 19.1 Å². The van der Waals surface area contributed by atoms with Crippen LogP contribution in [-0.2, 0) is 14.4 Å². The Morgan fingerprint density at radius 2 is 0.879 bits per heavy atom. The van der Waals surface area contributed by atoms with Gasteiger partial charge in [0.25, 0.3) is 0 Å². The van der Waals surface area contributed by atoms with Crippen LogP contribution in [0.5, 0.6) is 0 Å². The van der Waals surface area contributed by atoms with Gasteiger partial charge in [0.15, 0.2) is 19.6 Å². The van der Waals surface area contributed by atoms with E-state index in [4.69, 9.17) is 15.3 Å². The van der Waals surface area contributed by atoms with Crippen molar-refractivity contribution in [2.45, 2.75) is 110 Å². The molecule has 0 rings (SSSR count). The van der Waals surface area contributed by atoms with Crippen molar-refractivity contribution in [2.24, 2.45) is 0 Å². The molecular formula is C26H48NO6+. The van der Waals surface area contributed by atoms with Gasteiger partial charge in [-0.05, 0) is 38.5 Å². The lowest BCUT2D eigenvalue weighted by molar-refractivity contribution is -0.907.